The lowest BCUT2D eigenvalue weighted by Gasteiger charge is -2.21. The highest BCUT2D eigenvalue weighted by atomic mass is 32.2. The third-order valence-corrected chi connectivity index (χ3v) is 17.6. The van der Waals surface area contributed by atoms with Crippen LogP contribution in [0, 0.1) is 27.7 Å². The number of aromatic hydroxyl groups is 4. The molecule has 0 fully saturated rings. The predicted molar refractivity (Wildman–Crippen MR) is 280 cm³/mol. The molecule has 0 aromatic heterocycles. The fourth-order valence-electron chi connectivity index (χ4n) is 8.40. The van der Waals surface area contributed by atoms with Gasteiger partial charge in [0.15, 0.2) is 0 Å². The first-order chi connectivity index (χ1) is 35.8. The molecule has 1 aliphatic carbocycles. The maximum absolute atomic E-state index is 14.0. The van der Waals surface area contributed by atoms with Crippen LogP contribution in [0.4, 0.5) is 0 Å². The van der Waals surface area contributed by atoms with Crippen molar-refractivity contribution in [2.75, 3.05) is 0 Å². The van der Waals surface area contributed by atoms with E-state index in [0.29, 0.717) is 0 Å². The van der Waals surface area contributed by atoms with E-state index in [1.807, 2.05) is 0 Å². The molecule has 0 atom stereocenters. The van der Waals surface area contributed by atoms with Crippen LogP contribution < -0.4 is 16.7 Å². The first-order valence-electron chi connectivity index (χ1n) is 23.3. The molecule has 0 amide bonds. The number of rotatable bonds is 12. The lowest BCUT2D eigenvalue weighted by molar-refractivity contribution is 0.442. The van der Waals surface area contributed by atoms with Gasteiger partial charge in [0.2, 0.25) is 0 Å². The molecule has 0 saturated heterocycles. The van der Waals surface area contributed by atoms with E-state index in [-0.39, 0.29) is 89.8 Å². The Labute approximate surface area is 440 Å². The smallest absolute Gasteiger partial charge is 0.339 e. The van der Waals surface area contributed by atoms with Crippen molar-refractivity contribution >= 4 is 40.5 Å². The van der Waals surface area contributed by atoms with Crippen molar-refractivity contribution in [2.45, 2.75) is 73.0 Å². The van der Waals surface area contributed by atoms with E-state index in [1.165, 1.54) is 72.8 Å². The number of hydrogen-bond donors (Lipinski definition) is 4. The van der Waals surface area contributed by atoms with Gasteiger partial charge >= 0.3 is 40.5 Å². The molecule has 1 aliphatic rings. The van der Waals surface area contributed by atoms with Crippen molar-refractivity contribution in [1.29, 1.82) is 0 Å². The van der Waals surface area contributed by atoms with Crippen LogP contribution in [0.5, 0.6) is 46.0 Å². The van der Waals surface area contributed by atoms with Gasteiger partial charge in [-0.05, 0) is 123 Å². The molecule has 0 heterocycles. The van der Waals surface area contributed by atoms with Crippen LogP contribution in [0.3, 0.4) is 0 Å². The Morgan fingerprint density at radius 3 is 0.658 bits per heavy atom. The van der Waals surface area contributed by atoms with Gasteiger partial charge < -0.3 is 37.2 Å². The fraction of sp³-hybridized carbons (Fsp3) is 0.143. The van der Waals surface area contributed by atoms with E-state index in [0.717, 1.165) is 46.5 Å². The Balaban J connectivity index is 1.27. The van der Waals surface area contributed by atoms with Crippen LogP contribution in [0.15, 0.2) is 165 Å². The Kier molecular flexibility index (Phi) is 14.1. The standard InChI is InChI=1S/C56H48O16S4/c1-33-5-13-45(14-6-33)73(61,62)69-53-31-54(70-74(63,64)46-15-7-34(2)8-16-46)42-24-39-22-40(52(60)30-51(39)59)26-44-28-43(25-38-21-37(23-41(53)27-42)49(57)29-50(38)58)55(71-75(65,66)47-17-9-35(3)10-18-47)32-56(44)72-76(67,68)48-19-11-36(4)12-20-48/h5-22,27-32,57-60H,23-26H2,1-4H3. The van der Waals surface area contributed by atoms with Crippen LogP contribution in [0.1, 0.15) is 66.8 Å². The summed E-state index contributed by atoms with van der Waals surface area (Å²) in [5, 5.41) is 46.0. The fourth-order valence-corrected chi connectivity index (χ4v) is 12.2. The summed E-state index contributed by atoms with van der Waals surface area (Å²) < 4.78 is 136. The van der Waals surface area contributed by atoms with Gasteiger partial charge in [0.25, 0.3) is 0 Å². The molecule has 76 heavy (non-hydrogen) atoms. The topological polar surface area (TPSA) is 254 Å². The Morgan fingerprint density at radius 1 is 0.276 bits per heavy atom. The molecular formula is C56H48O16S4. The predicted octanol–water partition coefficient (Wildman–Crippen LogP) is 9.49. The van der Waals surface area contributed by atoms with Gasteiger partial charge in [-0.3, -0.25) is 0 Å². The second-order valence-corrected chi connectivity index (χ2v) is 24.6. The number of fused-ring (bicyclic) bond motifs is 8. The number of hydrogen-bond acceptors (Lipinski definition) is 16. The van der Waals surface area contributed by atoms with Gasteiger partial charge in [-0.15, -0.1) is 0 Å². The number of benzene rings is 8. The minimum Gasteiger partial charge on any atom is -0.508 e. The Bertz CT molecular complexity index is 3530. The zero-order valence-electron chi connectivity index (χ0n) is 41.0. The molecule has 20 heteroatoms. The highest BCUT2D eigenvalue weighted by molar-refractivity contribution is 7.88. The molecule has 0 spiro atoms. The van der Waals surface area contributed by atoms with Crippen LogP contribution in [-0.2, 0) is 66.2 Å². The van der Waals surface area contributed by atoms with E-state index < -0.39 is 86.5 Å². The maximum Gasteiger partial charge on any atom is 0.339 e. The molecule has 16 nitrogen and oxygen atoms in total. The van der Waals surface area contributed by atoms with Gasteiger partial charge in [-0.1, -0.05) is 70.8 Å². The van der Waals surface area contributed by atoms with Crippen LogP contribution in [-0.4, -0.2) is 54.1 Å². The van der Waals surface area contributed by atoms with Gasteiger partial charge in [0.05, 0.1) is 0 Å². The number of aryl methyl sites for hydroxylation is 4. The molecule has 0 radical (unpaired) electrons. The lowest BCUT2D eigenvalue weighted by atomic mass is 9.91. The van der Waals surface area contributed by atoms with Crippen molar-refractivity contribution in [2.24, 2.45) is 0 Å². The monoisotopic (exact) mass is 1100 g/mol. The van der Waals surface area contributed by atoms with Crippen molar-refractivity contribution in [3.63, 3.8) is 0 Å². The Hall–Kier alpha value is -8.04. The van der Waals surface area contributed by atoms with Gasteiger partial charge in [-0.25, -0.2) is 0 Å². The molecule has 9 rings (SSSR count). The quantitative estimate of drug-likeness (QED) is 0.0831. The van der Waals surface area contributed by atoms with Crippen molar-refractivity contribution in [3.05, 3.63) is 212 Å². The van der Waals surface area contributed by atoms with Crippen LogP contribution in [0.2, 0.25) is 0 Å². The molecule has 392 valence electrons. The second kappa shape index (κ2) is 20.2. The van der Waals surface area contributed by atoms with Gasteiger partial charge in [0.1, 0.15) is 65.6 Å². The molecule has 8 aromatic carbocycles. The van der Waals surface area contributed by atoms with Crippen LogP contribution >= 0.6 is 0 Å². The average molecular weight is 1110 g/mol. The van der Waals surface area contributed by atoms with Gasteiger partial charge in [0, 0.05) is 72.2 Å². The highest BCUT2D eigenvalue weighted by Gasteiger charge is 2.29. The van der Waals surface area contributed by atoms with Crippen molar-refractivity contribution < 1.29 is 70.8 Å². The summed E-state index contributed by atoms with van der Waals surface area (Å²) in [4.78, 5) is -1.00. The normalized spacial score (nSPS) is 12.9. The van der Waals surface area contributed by atoms with Gasteiger partial charge in [-0.2, -0.15) is 33.7 Å². The van der Waals surface area contributed by atoms with E-state index >= 15 is 0 Å². The summed E-state index contributed by atoms with van der Waals surface area (Å²) in [6.07, 6.45) is -1.49. The van der Waals surface area contributed by atoms with Crippen molar-refractivity contribution in [1.82, 2.24) is 0 Å². The summed E-state index contributed by atoms with van der Waals surface area (Å²) in [6.45, 7) is 7.02. The molecule has 4 N–H and O–H groups in total. The third-order valence-electron chi connectivity index (χ3n) is 12.6. The lowest BCUT2D eigenvalue weighted by Crippen LogP contribution is -2.15. The van der Waals surface area contributed by atoms with Crippen molar-refractivity contribution in [3.8, 4) is 46.0 Å². The summed E-state index contributed by atoms with van der Waals surface area (Å²) in [5.74, 6) is -3.65. The molecule has 0 unspecified atom stereocenters. The summed E-state index contributed by atoms with van der Waals surface area (Å²) in [6, 6.07) is 32.6. The van der Waals surface area contributed by atoms with E-state index in [1.54, 1.807) is 76.2 Å². The molecule has 0 aliphatic heterocycles. The molecule has 0 saturated carbocycles. The number of phenols is 4. The third kappa shape index (κ3) is 11.4. The molecule has 8 bridgehead atoms. The second-order valence-electron chi connectivity index (χ2n) is 18.5. The molecule has 8 aromatic rings. The summed E-state index contributed by atoms with van der Waals surface area (Å²) >= 11 is 0. The van der Waals surface area contributed by atoms with E-state index in [4.69, 9.17) is 16.7 Å². The van der Waals surface area contributed by atoms with E-state index in [2.05, 4.69) is 0 Å². The maximum atomic E-state index is 14.0. The molecular weight excluding hydrogens is 1060 g/mol. The highest BCUT2D eigenvalue weighted by Crippen LogP contribution is 2.43. The van der Waals surface area contributed by atoms with E-state index in [9.17, 15) is 54.1 Å². The Morgan fingerprint density at radius 2 is 0.461 bits per heavy atom. The summed E-state index contributed by atoms with van der Waals surface area (Å²) in [5.41, 5.74) is 3.36. The SMILES string of the molecule is Cc1ccc(S(=O)(=O)Oc2cc(OS(=O)(=O)c3ccc(C)cc3)c3cc2Cc2cc(c(O)cc2O)Cc2cc(c(OS(=O)(=O)c4ccc(C)cc4)cc2OS(=O)(=O)c2ccc(C)cc2)Cc2cc(c(O)cc2O)C3)cc1. The largest absolute Gasteiger partial charge is 0.508 e. The van der Waals surface area contributed by atoms with Crippen LogP contribution in [0.25, 0.3) is 0 Å². The minimum atomic E-state index is -4.67. The first-order valence-corrected chi connectivity index (χ1v) is 28.9. The number of phenolic OH excluding ortho intramolecular Hbond substituents is 4. The first kappa shape index (κ1) is 52.8. The average Bonchev–Trinajstić information content (AvgIpc) is 3.35. The summed E-state index contributed by atoms with van der Waals surface area (Å²) in [7, 11) is -18.7. The zero-order chi connectivity index (χ0) is 54.5. The zero-order valence-corrected chi connectivity index (χ0v) is 44.3. The minimum absolute atomic E-state index is 0.0371.